The van der Waals surface area contributed by atoms with Crippen molar-refractivity contribution >= 4 is 18.3 Å². The van der Waals surface area contributed by atoms with Crippen LogP contribution in [0.25, 0.3) is 0 Å². The van der Waals surface area contributed by atoms with Gasteiger partial charge in [-0.05, 0) is 37.8 Å². The Hall–Kier alpha value is -1.46. The highest BCUT2D eigenvalue weighted by Gasteiger charge is 2.42. The quantitative estimate of drug-likeness (QED) is 0.888. The molecule has 0 radical (unpaired) electrons. The molecule has 0 saturated heterocycles. The molecule has 2 aliphatic rings. The zero-order valence-electron chi connectivity index (χ0n) is 12.1. The van der Waals surface area contributed by atoms with Gasteiger partial charge in [-0.2, -0.15) is 0 Å². The molecule has 3 N–H and O–H groups in total. The predicted octanol–water partition coefficient (Wildman–Crippen LogP) is 1.74. The number of nitrogens with two attached hydrogens (primary N) is 1. The number of carbonyl (C=O) groups is 1. The number of amides is 1. The lowest BCUT2D eigenvalue weighted by atomic mass is 9.95. The minimum Gasteiger partial charge on any atom is -0.486 e. The summed E-state index contributed by atoms with van der Waals surface area (Å²) in [5, 5.41) is 3.07. The van der Waals surface area contributed by atoms with E-state index in [0.717, 1.165) is 12.8 Å². The summed E-state index contributed by atoms with van der Waals surface area (Å²) in [6.45, 7) is 3.43. The van der Waals surface area contributed by atoms with E-state index in [-0.39, 0.29) is 23.9 Å². The van der Waals surface area contributed by atoms with Gasteiger partial charge in [0.1, 0.15) is 13.2 Å². The average molecular weight is 313 g/mol. The Labute approximate surface area is 130 Å². The second-order valence-electron chi connectivity index (χ2n) is 5.68. The van der Waals surface area contributed by atoms with E-state index >= 15 is 0 Å². The van der Waals surface area contributed by atoms with E-state index < -0.39 is 0 Å². The first-order valence-electron chi connectivity index (χ1n) is 7.05. The van der Waals surface area contributed by atoms with E-state index in [1.165, 1.54) is 0 Å². The molecule has 1 aromatic rings. The van der Waals surface area contributed by atoms with Gasteiger partial charge in [0.2, 0.25) is 0 Å². The predicted molar refractivity (Wildman–Crippen MR) is 82.3 cm³/mol. The fourth-order valence-electron chi connectivity index (χ4n) is 2.62. The fraction of sp³-hybridized carbons (Fsp3) is 0.533. The summed E-state index contributed by atoms with van der Waals surface area (Å²) in [6, 6.07) is 5.38. The Bertz CT molecular complexity index is 534. The van der Waals surface area contributed by atoms with Gasteiger partial charge in [0.25, 0.3) is 5.91 Å². The van der Waals surface area contributed by atoms with Crippen molar-refractivity contribution in [2.45, 2.75) is 25.3 Å². The summed E-state index contributed by atoms with van der Waals surface area (Å²) in [7, 11) is 0. The van der Waals surface area contributed by atoms with Crippen molar-refractivity contribution in [1.82, 2.24) is 5.32 Å². The third kappa shape index (κ3) is 3.09. The van der Waals surface area contributed by atoms with Crippen molar-refractivity contribution in [3.8, 4) is 11.5 Å². The lowest BCUT2D eigenvalue weighted by Crippen LogP contribution is -2.53. The van der Waals surface area contributed by atoms with E-state index in [1.54, 1.807) is 12.1 Å². The number of hydrogen-bond acceptors (Lipinski definition) is 4. The van der Waals surface area contributed by atoms with Crippen molar-refractivity contribution in [1.29, 1.82) is 0 Å². The minimum absolute atomic E-state index is 0. The Kier molecular flexibility index (Phi) is 4.64. The number of carbonyl (C=O) groups excluding carboxylic acids is 1. The first kappa shape index (κ1) is 15.9. The largest absolute Gasteiger partial charge is 0.486 e. The van der Waals surface area contributed by atoms with Crippen LogP contribution in [0.3, 0.4) is 0 Å². The van der Waals surface area contributed by atoms with E-state index in [4.69, 9.17) is 15.2 Å². The standard InChI is InChI=1S/C15H20N2O3.ClH/c1-15(9-16,10-5-6-10)17-14(18)11-3-2-4-12-13(11)20-8-7-19-12;/h2-4,10H,5-9,16H2,1H3,(H,17,18);1H. The minimum atomic E-state index is -0.338. The van der Waals surface area contributed by atoms with Crippen LogP contribution in [-0.2, 0) is 0 Å². The Morgan fingerprint density at radius 1 is 1.38 bits per heavy atom. The van der Waals surface area contributed by atoms with Crippen molar-refractivity contribution in [3.63, 3.8) is 0 Å². The average Bonchev–Trinajstić information content (AvgIpc) is 3.31. The van der Waals surface area contributed by atoms with E-state index in [0.29, 0.717) is 42.7 Å². The van der Waals surface area contributed by atoms with Crippen LogP contribution in [0.4, 0.5) is 0 Å². The normalized spacial score (nSPS) is 19.1. The van der Waals surface area contributed by atoms with Crippen LogP contribution >= 0.6 is 12.4 Å². The fourth-order valence-corrected chi connectivity index (χ4v) is 2.62. The van der Waals surface area contributed by atoms with Gasteiger partial charge in [-0.3, -0.25) is 4.79 Å². The number of halogens is 1. The van der Waals surface area contributed by atoms with Crippen LogP contribution in [0, 0.1) is 5.92 Å². The smallest absolute Gasteiger partial charge is 0.255 e. The van der Waals surface area contributed by atoms with Crippen LogP contribution in [0.5, 0.6) is 11.5 Å². The van der Waals surface area contributed by atoms with Crippen LogP contribution in [0.1, 0.15) is 30.1 Å². The summed E-state index contributed by atoms with van der Waals surface area (Å²) < 4.78 is 11.1. The zero-order valence-corrected chi connectivity index (χ0v) is 12.9. The number of hydrogen-bond donors (Lipinski definition) is 2. The number of fused-ring (bicyclic) bond motifs is 1. The molecule has 1 unspecified atom stereocenters. The molecule has 1 atom stereocenters. The highest BCUT2D eigenvalue weighted by atomic mass is 35.5. The highest BCUT2D eigenvalue weighted by molar-refractivity contribution is 5.98. The lowest BCUT2D eigenvalue weighted by molar-refractivity contribution is 0.0887. The molecule has 3 rings (SSSR count). The molecule has 1 aromatic carbocycles. The Balaban J connectivity index is 0.00000161. The van der Waals surface area contributed by atoms with Crippen molar-refractivity contribution in [2.24, 2.45) is 11.7 Å². The second-order valence-corrected chi connectivity index (χ2v) is 5.68. The van der Waals surface area contributed by atoms with Crippen LogP contribution < -0.4 is 20.5 Å². The number of benzene rings is 1. The first-order chi connectivity index (χ1) is 9.64. The van der Waals surface area contributed by atoms with E-state index in [9.17, 15) is 4.79 Å². The second kappa shape index (κ2) is 6.12. The van der Waals surface area contributed by atoms with Crippen LogP contribution in [-0.4, -0.2) is 31.2 Å². The van der Waals surface area contributed by atoms with E-state index in [1.807, 2.05) is 13.0 Å². The van der Waals surface area contributed by atoms with Crippen LogP contribution in [0.2, 0.25) is 0 Å². The molecule has 1 fully saturated rings. The molecule has 1 heterocycles. The SMILES string of the molecule is CC(CN)(NC(=O)c1cccc2c1OCCO2)C1CC1.Cl. The third-order valence-corrected chi connectivity index (χ3v) is 4.11. The van der Waals surface area contributed by atoms with Crippen molar-refractivity contribution in [3.05, 3.63) is 23.8 Å². The summed E-state index contributed by atoms with van der Waals surface area (Å²) in [5.74, 6) is 1.50. The molecule has 1 aliphatic carbocycles. The first-order valence-corrected chi connectivity index (χ1v) is 7.05. The molecule has 21 heavy (non-hydrogen) atoms. The molecule has 6 heteroatoms. The van der Waals surface area contributed by atoms with Gasteiger partial charge in [-0.25, -0.2) is 0 Å². The van der Waals surface area contributed by atoms with Gasteiger partial charge in [-0.1, -0.05) is 6.07 Å². The number of rotatable bonds is 4. The Morgan fingerprint density at radius 3 is 2.76 bits per heavy atom. The molecular weight excluding hydrogens is 292 g/mol. The molecule has 1 aliphatic heterocycles. The lowest BCUT2D eigenvalue weighted by Gasteiger charge is -2.30. The molecule has 116 valence electrons. The van der Waals surface area contributed by atoms with Crippen molar-refractivity contribution in [2.75, 3.05) is 19.8 Å². The van der Waals surface area contributed by atoms with Crippen LogP contribution in [0.15, 0.2) is 18.2 Å². The monoisotopic (exact) mass is 312 g/mol. The molecule has 5 nitrogen and oxygen atoms in total. The number of ether oxygens (including phenoxy) is 2. The highest BCUT2D eigenvalue weighted by Crippen LogP contribution is 2.40. The van der Waals surface area contributed by atoms with Gasteiger partial charge in [0.05, 0.1) is 11.1 Å². The maximum absolute atomic E-state index is 12.5. The summed E-state index contributed by atoms with van der Waals surface area (Å²) in [6.07, 6.45) is 2.25. The third-order valence-electron chi connectivity index (χ3n) is 4.11. The zero-order chi connectivity index (χ0) is 14.2. The maximum Gasteiger partial charge on any atom is 0.255 e. The van der Waals surface area contributed by atoms with Gasteiger partial charge in [-0.15, -0.1) is 12.4 Å². The molecule has 1 amide bonds. The molecule has 1 saturated carbocycles. The van der Waals surface area contributed by atoms with Gasteiger partial charge >= 0.3 is 0 Å². The number of nitrogens with one attached hydrogen (secondary N) is 1. The summed E-state index contributed by atoms with van der Waals surface area (Å²) in [4.78, 5) is 12.5. The summed E-state index contributed by atoms with van der Waals surface area (Å²) in [5.41, 5.74) is 6.02. The molecule has 0 aromatic heterocycles. The van der Waals surface area contributed by atoms with E-state index in [2.05, 4.69) is 5.32 Å². The Morgan fingerprint density at radius 2 is 2.10 bits per heavy atom. The molecule has 0 bridgehead atoms. The van der Waals surface area contributed by atoms with Crippen molar-refractivity contribution < 1.29 is 14.3 Å². The van der Waals surface area contributed by atoms with Gasteiger partial charge in [0.15, 0.2) is 11.5 Å². The van der Waals surface area contributed by atoms with Gasteiger partial charge < -0.3 is 20.5 Å². The maximum atomic E-state index is 12.5. The summed E-state index contributed by atoms with van der Waals surface area (Å²) >= 11 is 0. The van der Waals surface area contributed by atoms with Gasteiger partial charge in [0, 0.05) is 6.54 Å². The number of para-hydroxylation sites is 1. The molecular formula is C15H21ClN2O3. The molecule has 0 spiro atoms. The topological polar surface area (TPSA) is 73.6 Å².